The SMILES string of the molecule is CCC1(C(=O)O)CCCN1Cc1ccc(F)cc1. The standard InChI is InChI=1S/C14H18FNO2/c1-2-14(13(17)18)8-3-9-16(14)10-11-4-6-12(15)7-5-11/h4-7H,2-3,8-10H2,1H3,(H,17,18). The molecule has 0 aromatic heterocycles. The highest BCUT2D eigenvalue weighted by Crippen LogP contribution is 2.34. The number of carboxylic acids is 1. The minimum atomic E-state index is -0.746. The maximum Gasteiger partial charge on any atom is 0.324 e. The summed E-state index contributed by atoms with van der Waals surface area (Å²) in [6, 6.07) is 6.27. The van der Waals surface area contributed by atoms with E-state index in [1.165, 1.54) is 12.1 Å². The summed E-state index contributed by atoms with van der Waals surface area (Å²) in [4.78, 5) is 13.5. The lowest BCUT2D eigenvalue weighted by atomic mass is 9.92. The third-order valence-corrected chi connectivity index (χ3v) is 3.89. The lowest BCUT2D eigenvalue weighted by molar-refractivity contribution is -0.150. The zero-order valence-corrected chi connectivity index (χ0v) is 10.5. The minimum absolute atomic E-state index is 0.264. The minimum Gasteiger partial charge on any atom is -0.480 e. The number of halogens is 1. The summed E-state index contributed by atoms with van der Waals surface area (Å²) in [7, 11) is 0. The molecule has 1 heterocycles. The molecule has 1 aromatic carbocycles. The fraction of sp³-hybridized carbons (Fsp3) is 0.500. The van der Waals surface area contributed by atoms with Crippen molar-refractivity contribution in [2.24, 2.45) is 0 Å². The van der Waals surface area contributed by atoms with Gasteiger partial charge in [-0.1, -0.05) is 19.1 Å². The van der Waals surface area contributed by atoms with Crippen molar-refractivity contribution in [3.63, 3.8) is 0 Å². The molecule has 1 aliphatic heterocycles. The molecule has 0 aliphatic carbocycles. The van der Waals surface area contributed by atoms with Crippen LogP contribution in [-0.4, -0.2) is 28.1 Å². The Morgan fingerprint density at radius 1 is 1.44 bits per heavy atom. The number of carbonyl (C=O) groups is 1. The van der Waals surface area contributed by atoms with Gasteiger partial charge in [0, 0.05) is 6.54 Å². The van der Waals surface area contributed by atoms with Gasteiger partial charge in [-0.15, -0.1) is 0 Å². The van der Waals surface area contributed by atoms with Crippen LogP contribution in [0.25, 0.3) is 0 Å². The van der Waals surface area contributed by atoms with Gasteiger partial charge in [0.25, 0.3) is 0 Å². The normalized spacial score (nSPS) is 24.3. The Bertz CT molecular complexity index is 432. The number of carboxylic acid groups (broad SMARTS) is 1. The van der Waals surface area contributed by atoms with Crippen molar-refractivity contribution in [3.05, 3.63) is 35.6 Å². The number of aliphatic carboxylic acids is 1. The molecule has 1 atom stereocenters. The molecule has 1 aliphatic rings. The molecule has 0 radical (unpaired) electrons. The van der Waals surface area contributed by atoms with Gasteiger partial charge in [-0.3, -0.25) is 9.69 Å². The molecule has 0 amide bonds. The number of hydrogen-bond acceptors (Lipinski definition) is 2. The van der Waals surface area contributed by atoms with Crippen molar-refractivity contribution in [1.82, 2.24) is 4.90 Å². The smallest absolute Gasteiger partial charge is 0.324 e. The van der Waals surface area contributed by atoms with Gasteiger partial charge >= 0.3 is 5.97 Å². The van der Waals surface area contributed by atoms with E-state index in [4.69, 9.17) is 0 Å². The van der Waals surface area contributed by atoms with Crippen LogP contribution in [0, 0.1) is 5.82 Å². The molecule has 1 N–H and O–H groups in total. The third-order valence-electron chi connectivity index (χ3n) is 3.89. The highest BCUT2D eigenvalue weighted by Gasteiger charge is 2.45. The fourth-order valence-electron chi connectivity index (χ4n) is 2.77. The van der Waals surface area contributed by atoms with Gasteiger partial charge in [-0.2, -0.15) is 0 Å². The van der Waals surface area contributed by atoms with Crippen LogP contribution in [0.4, 0.5) is 4.39 Å². The van der Waals surface area contributed by atoms with Crippen LogP contribution in [0.5, 0.6) is 0 Å². The average molecular weight is 251 g/mol. The molecule has 1 fully saturated rings. The van der Waals surface area contributed by atoms with Gasteiger partial charge in [0.05, 0.1) is 0 Å². The van der Waals surface area contributed by atoms with E-state index < -0.39 is 11.5 Å². The molecule has 2 rings (SSSR count). The quantitative estimate of drug-likeness (QED) is 0.894. The first-order valence-electron chi connectivity index (χ1n) is 6.31. The number of nitrogens with zero attached hydrogens (tertiary/aromatic N) is 1. The van der Waals surface area contributed by atoms with Gasteiger partial charge in [-0.25, -0.2) is 4.39 Å². The largest absolute Gasteiger partial charge is 0.480 e. The molecule has 0 saturated carbocycles. The van der Waals surface area contributed by atoms with E-state index in [2.05, 4.69) is 0 Å². The Hall–Kier alpha value is -1.42. The van der Waals surface area contributed by atoms with Gasteiger partial charge in [0.2, 0.25) is 0 Å². The predicted molar refractivity (Wildman–Crippen MR) is 66.7 cm³/mol. The van der Waals surface area contributed by atoms with E-state index in [1.54, 1.807) is 12.1 Å². The van der Waals surface area contributed by atoms with Crippen molar-refractivity contribution in [2.75, 3.05) is 6.54 Å². The van der Waals surface area contributed by atoms with Crippen molar-refractivity contribution < 1.29 is 14.3 Å². The van der Waals surface area contributed by atoms with Crippen molar-refractivity contribution in [3.8, 4) is 0 Å². The molecule has 0 bridgehead atoms. The molecule has 0 spiro atoms. The Morgan fingerprint density at radius 2 is 2.11 bits per heavy atom. The Labute approximate surface area is 106 Å². The second-order valence-electron chi connectivity index (χ2n) is 4.84. The van der Waals surface area contributed by atoms with E-state index in [-0.39, 0.29) is 5.82 Å². The lowest BCUT2D eigenvalue weighted by Gasteiger charge is -2.33. The van der Waals surface area contributed by atoms with E-state index >= 15 is 0 Å². The van der Waals surface area contributed by atoms with Crippen LogP contribution < -0.4 is 0 Å². The van der Waals surface area contributed by atoms with Gasteiger partial charge in [0.15, 0.2) is 0 Å². The summed E-state index contributed by atoms with van der Waals surface area (Å²) in [6.07, 6.45) is 2.20. The van der Waals surface area contributed by atoms with Gasteiger partial charge in [0.1, 0.15) is 11.4 Å². The Balaban J connectivity index is 2.17. The van der Waals surface area contributed by atoms with Gasteiger partial charge in [-0.05, 0) is 43.5 Å². The van der Waals surface area contributed by atoms with Gasteiger partial charge < -0.3 is 5.11 Å². The first-order chi connectivity index (χ1) is 8.58. The molecular weight excluding hydrogens is 233 g/mol. The van der Waals surface area contributed by atoms with E-state index in [0.717, 1.165) is 18.5 Å². The van der Waals surface area contributed by atoms with E-state index in [1.807, 2.05) is 11.8 Å². The fourth-order valence-corrected chi connectivity index (χ4v) is 2.77. The first kappa shape index (κ1) is 13.0. The summed E-state index contributed by atoms with van der Waals surface area (Å²) in [5.41, 5.74) is 0.214. The Morgan fingerprint density at radius 3 is 2.67 bits per heavy atom. The zero-order valence-electron chi connectivity index (χ0n) is 10.5. The summed E-state index contributed by atoms with van der Waals surface area (Å²) in [6.45, 7) is 3.27. The average Bonchev–Trinajstić information content (AvgIpc) is 2.76. The number of likely N-dealkylation sites (tertiary alicyclic amines) is 1. The lowest BCUT2D eigenvalue weighted by Crippen LogP contribution is -2.49. The zero-order chi connectivity index (χ0) is 13.2. The van der Waals surface area contributed by atoms with Crippen molar-refractivity contribution >= 4 is 5.97 Å². The van der Waals surface area contributed by atoms with Crippen LogP contribution in [0.1, 0.15) is 31.7 Å². The summed E-state index contributed by atoms with van der Waals surface area (Å²) >= 11 is 0. The highest BCUT2D eigenvalue weighted by molar-refractivity contribution is 5.79. The first-order valence-corrected chi connectivity index (χ1v) is 6.31. The molecule has 1 aromatic rings. The molecule has 1 unspecified atom stereocenters. The molecule has 4 heteroatoms. The summed E-state index contributed by atoms with van der Waals surface area (Å²) in [5, 5.41) is 9.45. The molecule has 3 nitrogen and oxygen atoms in total. The van der Waals surface area contributed by atoms with Crippen molar-refractivity contribution in [1.29, 1.82) is 0 Å². The number of benzene rings is 1. The predicted octanol–water partition coefficient (Wildman–Crippen LogP) is 2.65. The van der Waals surface area contributed by atoms with Crippen molar-refractivity contribution in [2.45, 2.75) is 38.3 Å². The van der Waals surface area contributed by atoms with E-state index in [9.17, 15) is 14.3 Å². The molecular formula is C14H18FNO2. The molecule has 98 valence electrons. The van der Waals surface area contributed by atoms with E-state index in [0.29, 0.717) is 19.4 Å². The number of hydrogen-bond donors (Lipinski definition) is 1. The molecule has 18 heavy (non-hydrogen) atoms. The summed E-state index contributed by atoms with van der Waals surface area (Å²) < 4.78 is 12.8. The maximum atomic E-state index is 12.8. The second-order valence-corrected chi connectivity index (χ2v) is 4.84. The van der Waals surface area contributed by atoms with Crippen LogP contribution in [0.3, 0.4) is 0 Å². The Kier molecular flexibility index (Phi) is 3.66. The summed E-state index contributed by atoms with van der Waals surface area (Å²) in [5.74, 6) is -1.01. The maximum absolute atomic E-state index is 12.8. The second kappa shape index (κ2) is 5.06. The highest BCUT2D eigenvalue weighted by atomic mass is 19.1. The topological polar surface area (TPSA) is 40.5 Å². The number of rotatable bonds is 4. The monoisotopic (exact) mass is 251 g/mol. The van der Waals surface area contributed by atoms with Crippen LogP contribution in [0.2, 0.25) is 0 Å². The third kappa shape index (κ3) is 2.25. The van der Waals surface area contributed by atoms with Crippen LogP contribution >= 0.6 is 0 Å². The van der Waals surface area contributed by atoms with Crippen LogP contribution in [0.15, 0.2) is 24.3 Å². The molecule has 1 saturated heterocycles. The van der Waals surface area contributed by atoms with Crippen LogP contribution in [-0.2, 0) is 11.3 Å².